The summed E-state index contributed by atoms with van der Waals surface area (Å²) in [5, 5.41) is 5.69. The molecule has 0 saturated carbocycles. The molecular weight excluding hydrogens is 208 g/mol. The Hall–Kier alpha value is -1.10. The Kier molecular flexibility index (Phi) is 5.85. The SMILES string of the molecule is CCCCCOC(=O)C[C@@H]1NCCNC1=O. The average molecular weight is 228 g/mol. The molecule has 0 aromatic heterocycles. The zero-order valence-corrected chi connectivity index (χ0v) is 9.75. The Labute approximate surface area is 95.9 Å². The normalized spacial score (nSPS) is 20.3. The first-order valence-corrected chi connectivity index (χ1v) is 5.90. The van der Waals surface area contributed by atoms with Crippen LogP contribution in [0.2, 0.25) is 0 Å². The fraction of sp³-hybridized carbons (Fsp3) is 0.818. The van der Waals surface area contributed by atoms with Crippen molar-refractivity contribution in [2.45, 2.75) is 38.6 Å². The van der Waals surface area contributed by atoms with Crippen LogP contribution in [0.25, 0.3) is 0 Å². The quantitative estimate of drug-likeness (QED) is 0.503. The summed E-state index contributed by atoms with van der Waals surface area (Å²) < 4.78 is 5.04. The second-order valence-electron chi connectivity index (χ2n) is 3.93. The number of hydrogen-bond donors (Lipinski definition) is 2. The highest BCUT2D eigenvalue weighted by Gasteiger charge is 2.24. The van der Waals surface area contributed by atoms with Crippen molar-refractivity contribution >= 4 is 11.9 Å². The number of nitrogens with one attached hydrogen (secondary N) is 2. The van der Waals surface area contributed by atoms with Gasteiger partial charge in [-0.1, -0.05) is 19.8 Å². The molecule has 92 valence electrons. The molecule has 1 aliphatic heterocycles. The van der Waals surface area contributed by atoms with Crippen LogP contribution in [0, 0.1) is 0 Å². The Morgan fingerprint density at radius 2 is 2.25 bits per heavy atom. The van der Waals surface area contributed by atoms with Gasteiger partial charge in [0.1, 0.15) is 0 Å². The molecule has 0 radical (unpaired) electrons. The highest BCUT2D eigenvalue weighted by Crippen LogP contribution is 2.00. The highest BCUT2D eigenvalue weighted by atomic mass is 16.5. The van der Waals surface area contributed by atoms with Crippen LogP contribution >= 0.6 is 0 Å². The minimum atomic E-state index is -0.424. The number of amides is 1. The van der Waals surface area contributed by atoms with Crippen LogP contribution < -0.4 is 10.6 Å². The van der Waals surface area contributed by atoms with E-state index in [-0.39, 0.29) is 18.3 Å². The van der Waals surface area contributed by atoms with E-state index in [1.165, 1.54) is 0 Å². The largest absolute Gasteiger partial charge is 0.466 e. The smallest absolute Gasteiger partial charge is 0.307 e. The maximum absolute atomic E-state index is 11.4. The lowest BCUT2D eigenvalue weighted by atomic mass is 10.1. The molecule has 0 aromatic rings. The summed E-state index contributed by atoms with van der Waals surface area (Å²) in [7, 11) is 0. The molecule has 5 nitrogen and oxygen atoms in total. The Morgan fingerprint density at radius 3 is 2.94 bits per heavy atom. The van der Waals surface area contributed by atoms with Gasteiger partial charge < -0.3 is 15.4 Å². The summed E-state index contributed by atoms with van der Waals surface area (Å²) in [5.74, 6) is -0.414. The summed E-state index contributed by atoms with van der Waals surface area (Å²) >= 11 is 0. The lowest BCUT2D eigenvalue weighted by Gasteiger charge is -2.22. The first-order chi connectivity index (χ1) is 7.74. The third-order valence-corrected chi connectivity index (χ3v) is 2.51. The van der Waals surface area contributed by atoms with E-state index in [1.807, 2.05) is 0 Å². The van der Waals surface area contributed by atoms with E-state index in [2.05, 4.69) is 17.6 Å². The van der Waals surface area contributed by atoms with Gasteiger partial charge in [-0.2, -0.15) is 0 Å². The van der Waals surface area contributed by atoms with Crippen molar-refractivity contribution in [3.8, 4) is 0 Å². The molecule has 1 heterocycles. The van der Waals surface area contributed by atoms with Gasteiger partial charge in [0, 0.05) is 13.1 Å². The summed E-state index contributed by atoms with van der Waals surface area (Å²) in [6.45, 7) is 3.89. The van der Waals surface area contributed by atoms with Crippen LogP contribution in [0.4, 0.5) is 0 Å². The van der Waals surface area contributed by atoms with Crippen LogP contribution in [-0.4, -0.2) is 37.6 Å². The number of rotatable bonds is 6. The van der Waals surface area contributed by atoms with Gasteiger partial charge in [-0.15, -0.1) is 0 Å². The lowest BCUT2D eigenvalue weighted by Crippen LogP contribution is -2.53. The standard InChI is InChI=1S/C11H20N2O3/c1-2-3-4-7-16-10(14)8-9-11(15)13-6-5-12-9/h9,12H,2-8H2,1H3,(H,13,15)/t9-/m0/s1. The number of carbonyl (C=O) groups is 2. The van der Waals surface area contributed by atoms with Crippen molar-refractivity contribution in [3.05, 3.63) is 0 Å². The van der Waals surface area contributed by atoms with E-state index >= 15 is 0 Å². The molecule has 0 aromatic carbocycles. The fourth-order valence-electron chi connectivity index (χ4n) is 1.58. The maximum Gasteiger partial charge on any atom is 0.307 e. The van der Waals surface area contributed by atoms with E-state index in [4.69, 9.17) is 4.74 Å². The minimum absolute atomic E-state index is 0.114. The van der Waals surface area contributed by atoms with Crippen LogP contribution in [0.1, 0.15) is 32.6 Å². The molecule has 1 fully saturated rings. The Morgan fingerprint density at radius 1 is 1.44 bits per heavy atom. The molecular formula is C11H20N2O3. The van der Waals surface area contributed by atoms with Crippen molar-refractivity contribution in [2.24, 2.45) is 0 Å². The number of hydrogen-bond acceptors (Lipinski definition) is 4. The van der Waals surface area contributed by atoms with Crippen molar-refractivity contribution in [1.29, 1.82) is 0 Å². The molecule has 2 N–H and O–H groups in total. The summed E-state index contributed by atoms with van der Waals surface area (Å²) in [6.07, 6.45) is 3.18. The van der Waals surface area contributed by atoms with E-state index < -0.39 is 6.04 Å². The third kappa shape index (κ3) is 4.61. The van der Waals surface area contributed by atoms with Crippen LogP contribution in [0.15, 0.2) is 0 Å². The molecule has 1 aliphatic rings. The summed E-state index contributed by atoms with van der Waals surface area (Å²) in [5.41, 5.74) is 0. The van der Waals surface area contributed by atoms with E-state index in [0.29, 0.717) is 19.7 Å². The van der Waals surface area contributed by atoms with E-state index in [9.17, 15) is 9.59 Å². The van der Waals surface area contributed by atoms with Gasteiger partial charge in [0.2, 0.25) is 5.91 Å². The number of ether oxygens (including phenoxy) is 1. The maximum atomic E-state index is 11.4. The van der Waals surface area contributed by atoms with Crippen molar-refractivity contribution < 1.29 is 14.3 Å². The van der Waals surface area contributed by atoms with Crippen molar-refractivity contribution in [3.63, 3.8) is 0 Å². The van der Waals surface area contributed by atoms with Gasteiger partial charge in [0.25, 0.3) is 0 Å². The highest BCUT2D eigenvalue weighted by molar-refractivity contribution is 5.87. The zero-order valence-electron chi connectivity index (χ0n) is 9.75. The predicted octanol–water partition coefficient (Wildman–Crippen LogP) is 0.198. The second kappa shape index (κ2) is 7.22. The van der Waals surface area contributed by atoms with Crippen LogP contribution in [0.5, 0.6) is 0 Å². The van der Waals surface area contributed by atoms with Crippen molar-refractivity contribution in [2.75, 3.05) is 19.7 Å². The number of esters is 1. The van der Waals surface area contributed by atoms with Crippen LogP contribution in [0.3, 0.4) is 0 Å². The molecule has 1 rings (SSSR count). The molecule has 16 heavy (non-hydrogen) atoms. The van der Waals surface area contributed by atoms with Gasteiger partial charge in [-0.25, -0.2) is 0 Å². The van der Waals surface area contributed by atoms with Gasteiger partial charge in [-0.3, -0.25) is 9.59 Å². The fourth-order valence-corrected chi connectivity index (χ4v) is 1.58. The van der Waals surface area contributed by atoms with E-state index in [1.54, 1.807) is 0 Å². The zero-order chi connectivity index (χ0) is 11.8. The van der Waals surface area contributed by atoms with Crippen molar-refractivity contribution in [1.82, 2.24) is 10.6 Å². The van der Waals surface area contributed by atoms with E-state index in [0.717, 1.165) is 19.3 Å². The molecule has 1 amide bonds. The summed E-state index contributed by atoms with van der Waals surface area (Å²) in [4.78, 5) is 22.7. The third-order valence-electron chi connectivity index (χ3n) is 2.51. The number of piperazine rings is 1. The van der Waals surface area contributed by atoms with Gasteiger partial charge >= 0.3 is 5.97 Å². The molecule has 0 bridgehead atoms. The average Bonchev–Trinajstić information content (AvgIpc) is 2.28. The second-order valence-corrected chi connectivity index (χ2v) is 3.93. The first-order valence-electron chi connectivity index (χ1n) is 5.90. The molecule has 5 heteroatoms. The molecule has 0 aliphatic carbocycles. The number of unbranched alkanes of at least 4 members (excludes halogenated alkanes) is 2. The predicted molar refractivity (Wildman–Crippen MR) is 59.9 cm³/mol. The van der Waals surface area contributed by atoms with Crippen LogP contribution in [-0.2, 0) is 14.3 Å². The first kappa shape index (κ1) is 13.0. The Bertz CT molecular complexity index is 243. The molecule has 1 atom stereocenters. The Balaban J connectivity index is 2.15. The minimum Gasteiger partial charge on any atom is -0.466 e. The lowest BCUT2D eigenvalue weighted by molar-refractivity contribution is -0.146. The van der Waals surface area contributed by atoms with Gasteiger partial charge in [-0.05, 0) is 6.42 Å². The van der Waals surface area contributed by atoms with Gasteiger partial charge in [0.05, 0.1) is 19.1 Å². The monoisotopic (exact) mass is 228 g/mol. The number of carbonyl (C=O) groups excluding carboxylic acids is 2. The molecule has 0 unspecified atom stereocenters. The van der Waals surface area contributed by atoms with Gasteiger partial charge in [0.15, 0.2) is 0 Å². The topological polar surface area (TPSA) is 67.4 Å². The summed E-state index contributed by atoms with van der Waals surface area (Å²) in [6, 6.07) is -0.424. The molecule has 1 saturated heterocycles. The molecule has 0 spiro atoms.